The van der Waals surface area contributed by atoms with E-state index in [4.69, 9.17) is 18.0 Å². The van der Waals surface area contributed by atoms with Crippen molar-refractivity contribution in [3.8, 4) is 12.3 Å². The third kappa shape index (κ3) is 4.48. The van der Waals surface area contributed by atoms with E-state index in [2.05, 4.69) is 16.6 Å². The summed E-state index contributed by atoms with van der Waals surface area (Å²) in [6, 6.07) is 6.72. The van der Waals surface area contributed by atoms with Crippen LogP contribution in [0.2, 0.25) is 5.02 Å². The Morgan fingerprint density at radius 2 is 2.00 bits per heavy atom. The summed E-state index contributed by atoms with van der Waals surface area (Å²) in [6.45, 7) is 0.428. The Morgan fingerprint density at radius 1 is 1.28 bits per heavy atom. The Labute approximate surface area is 111 Å². The predicted molar refractivity (Wildman–Crippen MR) is 70.2 cm³/mol. The Bertz CT molecular complexity index is 480. The average Bonchev–Trinajstić information content (AvgIpc) is 2.36. The van der Waals surface area contributed by atoms with Gasteiger partial charge in [0.15, 0.2) is 0 Å². The Hall–Kier alpha value is -1.99. The third-order valence-corrected chi connectivity index (χ3v) is 2.47. The van der Waals surface area contributed by atoms with Crippen LogP contribution in [0.3, 0.4) is 0 Å². The molecular formula is C13H13ClN2O2. The van der Waals surface area contributed by atoms with Gasteiger partial charge in [0.25, 0.3) is 5.91 Å². The summed E-state index contributed by atoms with van der Waals surface area (Å²) in [6.07, 6.45) is 5.18. The first-order chi connectivity index (χ1) is 8.65. The van der Waals surface area contributed by atoms with Gasteiger partial charge in [-0.2, -0.15) is 0 Å². The Kier molecular flexibility index (Phi) is 5.75. The zero-order chi connectivity index (χ0) is 13.4. The van der Waals surface area contributed by atoms with Crippen LogP contribution in [0.15, 0.2) is 24.3 Å². The number of halogens is 1. The van der Waals surface area contributed by atoms with E-state index in [0.717, 1.165) is 0 Å². The maximum Gasteiger partial charge on any atom is 0.252 e. The van der Waals surface area contributed by atoms with Gasteiger partial charge in [0.1, 0.15) is 0 Å². The first-order valence-corrected chi connectivity index (χ1v) is 5.76. The molecule has 18 heavy (non-hydrogen) atoms. The highest BCUT2D eigenvalue weighted by molar-refractivity contribution is 6.33. The molecule has 1 rings (SSSR count). The molecule has 0 aromatic heterocycles. The fraction of sp³-hybridized carbons (Fsp3) is 0.231. The largest absolute Gasteiger partial charge is 0.351 e. The normalized spacial score (nSPS) is 9.33. The molecule has 1 aromatic rings. The average molecular weight is 265 g/mol. The van der Waals surface area contributed by atoms with E-state index in [1.54, 1.807) is 24.3 Å². The third-order valence-electron chi connectivity index (χ3n) is 2.14. The highest BCUT2D eigenvalue weighted by Gasteiger charge is 2.09. The van der Waals surface area contributed by atoms with Gasteiger partial charge in [-0.05, 0) is 12.1 Å². The fourth-order valence-corrected chi connectivity index (χ4v) is 1.49. The van der Waals surface area contributed by atoms with Gasteiger partial charge in [-0.1, -0.05) is 29.7 Å². The first-order valence-electron chi connectivity index (χ1n) is 5.38. The van der Waals surface area contributed by atoms with Gasteiger partial charge in [-0.15, -0.1) is 6.42 Å². The summed E-state index contributed by atoms with van der Waals surface area (Å²) in [4.78, 5) is 22.9. The maximum absolute atomic E-state index is 11.7. The fourth-order valence-electron chi connectivity index (χ4n) is 1.27. The van der Waals surface area contributed by atoms with Crippen molar-refractivity contribution in [1.82, 2.24) is 10.6 Å². The lowest BCUT2D eigenvalue weighted by atomic mass is 10.2. The van der Waals surface area contributed by atoms with Crippen LogP contribution in [0.5, 0.6) is 0 Å². The predicted octanol–water partition coefficient (Wildman–Crippen LogP) is 1.21. The molecule has 0 spiro atoms. The van der Waals surface area contributed by atoms with Crippen molar-refractivity contribution in [1.29, 1.82) is 0 Å². The van der Waals surface area contributed by atoms with Gasteiger partial charge in [-0.3, -0.25) is 9.59 Å². The molecule has 2 amide bonds. The molecule has 94 valence electrons. The highest BCUT2D eigenvalue weighted by atomic mass is 35.5. The zero-order valence-electron chi connectivity index (χ0n) is 9.70. The van der Waals surface area contributed by atoms with Crippen molar-refractivity contribution in [3.05, 3.63) is 34.9 Å². The van der Waals surface area contributed by atoms with Crippen molar-refractivity contribution in [2.24, 2.45) is 0 Å². The molecule has 0 unspecified atom stereocenters. The van der Waals surface area contributed by atoms with Crippen molar-refractivity contribution >= 4 is 23.4 Å². The number of nitrogens with one attached hydrogen (secondary N) is 2. The van der Waals surface area contributed by atoms with E-state index in [9.17, 15) is 9.59 Å². The number of carbonyl (C=O) groups is 2. The quantitative estimate of drug-likeness (QED) is 0.786. The van der Waals surface area contributed by atoms with Crippen molar-refractivity contribution in [2.75, 3.05) is 13.1 Å². The Balaban J connectivity index is 2.37. The number of terminal acetylenes is 1. The Morgan fingerprint density at radius 3 is 2.67 bits per heavy atom. The monoisotopic (exact) mass is 264 g/mol. The van der Waals surface area contributed by atoms with Crippen LogP contribution in [-0.2, 0) is 4.79 Å². The van der Waals surface area contributed by atoms with Crippen LogP contribution < -0.4 is 10.6 Å². The minimum atomic E-state index is -0.301. The van der Waals surface area contributed by atoms with E-state index in [1.807, 2.05) is 0 Å². The van der Waals surface area contributed by atoms with E-state index in [-0.39, 0.29) is 31.3 Å². The molecule has 2 N–H and O–H groups in total. The SMILES string of the molecule is C#CCNC(=O)CCNC(=O)c1ccccc1Cl. The molecule has 1 aromatic carbocycles. The van der Waals surface area contributed by atoms with Gasteiger partial charge >= 0.3 is 0 Å². The standard InChI is InChI=1S/C13H13ClN2O2/c1-2-8-15-12(17)7-9-16-13(18)10-5-3-4-6-11(10)14/h1,3-6H,7-9H2,(H,15,17)(H,16,18). The lowest BCUT2D eigenvalue weighted by Crippen LogP contribution is -2.30. The molecule has 0 aliphatic heterocycles. The molecule has 0 aliphatic carbocycles. The number of rotatable bonds is 5. The van der Waals surface area contributed by atoms with Crippen LogP contribution in [-0.4, -0.2) is 24.9 Å². The summed E-state index contributed by atoms with van der Waals surface area (Å²) in [5.74, 6) is 1.79. The van der Waals surface area contributed by atoms with Crippen molar-refractivity contribution in [2.45, 2.75) is 6.42 Å². The minimum absolute atomic E-state index is 0.178. The van der Waals surface area contributed by atoms with Gasteiger partial charge in [0.2, 0.25) is 5.91 Å². The molecule has 5 heteroatoms. The minimum Gasteiger partial charge on any atom is -0.351 e. The van der Waals surface area contributed by atoms with E-state index in [1.165, 1.54) is 0 Å². The maximum atomic E-state index is 11.7. The summed E-state index contributed by atoms with van der Waals surface area (Å²) >= 11 is 5.87. The summed E-state index contributed by atoms with van der Waals surface area (Å²) in [5, 5.41) is 5.50. The van der Waals surface area contributed by atoms with Crippen LogP contribution in [0.1, 0.15) is 16.8 Å². The molecule has 0 heterocycles. The van der Waals surface area contributed by atoms with Crippen molar-refractivity contribution in [3.63, 3.8) is 0 Å². The second-order valence-electron chi connectivity index (χ2n) is 3.47. The summed E-state index contributed by atoms with van der Waals surface area (Å²) < 4.78 is 0. The highest BCUT2D eigenvalue weighted by Crippen LogP contribution is 2.14. The molecule has 0 fully saturated rings. The van der Waals surface area contributed by atoms with Gasteiger partial charge in [-0.25, -0.2) is 0 Å². The molecule has 0 saturated carbocycles. The number of hydrogen-bond donors (Lipinski definition) is 2. The van der Waals surface area contributed by atoms with Crippen molar-refractivity contribution < 1.29 is 9.59 Å². The number of amides is 2. The van der Waals surface area contributed by atoms with E-state index < -0.39 is 0 Å². The molecular weight excluding hydrogens is 252 g/mol. The number of carbonyl (C=O) groups excluding carboxylic acids is 2. The smallest absolute Gasteiger partial charge is 0.252 e. The van der Waals surface area contributed by atoms with Gasteiger partial charge < -0.3 is 10.6 Å². The van der Waals surface area contributed by atoms with Crippen LogP contribution >= 0.6 is 11.6 Å². The number of benzene rings is 1. The van der Waals surface area contributed by atoms with Gasteiger partial charge in [0.05, 0.1) is 17.1 Å². The molecule has 0 bridgehead atoms. The lowest BCUT2D eigenvalue weighted by molar-refractivity contribution is -0.120. The molecule has 0 atom stereocenters. The van der Waals surface area contributed by atoms with Crippen LogP contribution in [0, 0.1) is 12.3 Å². The molecule has 4 nitrogen and oxygen atoms in total. The molecule has 0 radical (unpaired) electrons. The second-order valence-corrected chi connectivity index (χ2v) is 3.87. The zero-order valence-corrected chi connectivity index (χ0v) is 10.5. The molecule has 0 saturated heterocycles. The summed E-state index contributed by atoms with van der Waals surface area (Å²) in [7, 11) is 0. The van der Waals surface area contributed by atoms with Crippen LogP contribution in [0.4, 0.5) is 0 Å². The second kappa shape index (κ2) is 7.36. The summed E-state index contributed by atoms with van der Waals surface area (Å²) in [5.41, 5.74) is 0.392. The topological polar surface area (TPSA) is 58.2 Å². The number of hydrogen-bond acceptors (Lipinski definition) is 2. The van der Waals surface area contributed by atoms with Gasteiger partial charge in [0, 0.05) is 13.0 Å². The van der Waals surface area contributed by atoms with E-state index >= 15 is 0 Å². The lowest BCUT2D eigenvalue weighted by Gasteiger charge is -2.06. The van der Waals surface area contributed by atoms with Crippen LogP contribution in [0.25, 0.3) is 0 Å². The first kappa shape index (κ1) is 14.1. The molecule has 0 aliphatic rings. The van der Waals surface area contributed by atoms with E-state index in [0.29, 0.717) is 10.6 Å².